The minimum absolute atomic E-state index is 0.0327. The van der Waals surface area contributed by atoms with Crippen molar-refractivity contribution >= 4 is 21.9 Å². The Kier molecular flexibility index (Phi) is 4.27. The molecule has 4 heteroatoms. The monoisotopic (exact) mass is 312 g/mol. The number of fused-ring (bicyclic) bond motifs is 1. The predicted octanol–water partition coefficient (Wildman–Crippen LogP) is 3.35. The van der Waals surface area contributed by atoms with Crippen molar-refractivity contribution in [2.45, 2.75) is 38.5 Å². The number of hydrogen-bond donors (Lipinski definition) is 1. The lowest BCUT2D eigenvalue weighted by atomic mass is 9.94. The molecule has 0 unspecified atom stereocenters. The number of ether oxygens (including phenoxy) is 1. The molecular formula is C14H17BrO3. The highest BCUT2D eigenvalue weighted by atomic mass is 79.9. The molecule has 0 aromatic heterocycles. The van der Waals surface area contributed by atoms with Crippen LogP contribution in [0.25, 0.3) is 0 Å². The summed E-state index contributed by atoms with van der Waals surface area (Å²) in [5, 5.41) is 9.08. The molecule has 0 bridgehead atoms. The van der Waals surface area contributed by atoms with Gasteiger partial charge in [0, 0.05) is 5.56 Å². The Morgan fingerprint density at radius 1 is 1.39 bits per heavy atom. The first-order chi connectivity index (χ1) is 8.63. The first kappa shape index (κ1) is 13.4. The summed E-state index contributed by atoms with van der Waals surface area (Å²) >= 11 is 3.48. The van der Waals surface area contributed by atoms with E-state index >= 15 is 0 Å². The van der Waals surface area contributed by atoms with Crippen molar-refractivity contribution in [1.82, 2.24) is 0 Å². The summed E-state index contributed by atoms with van der Waals surface area (Å²) in [4.78, 5) is 11.0. The third kappa shape index (κ3) is 2.69. The fourth-order valence-electron chi connectivity index (χ4n) is 2.67. The predicted molar refractivity (Wildman–Crippen MR) is 73.3 cm³/mol. The molecule has 0 heterocycles. The van der Waals surface area contributed by atoms with Gasteiger partial charge in [-0.25, -0.2) is 0 Å². The van der Waals surface area contributed by atoms with Crippen LogP contribution in [0.4, 0.5) is 0 Å². The van der Waals surface area contributed by atoms with Crippen LogP contribution in [-0.2, 0) is 24.1 Å². The van der Waals surface area contributed by atoms with Gasteiger partial charge in [0.25, 0.3) is 0 Å². The number of carbonyl (C=O) groups is 1. The zero-order valence-corrected chi connectivity index (χ0v) is 12.0. The zero-order valence-electron chi connectivity index (χ0n) is 10.5. The van der Waals surface area contributed by atoms with Crippen LogP contribution < -0.4 is 4.74 Å². The Balaban J connectivity index is 2.56. The van der Waals surface area contributed by atoms with Crippen molar-refractivity contribution in [2.24, 2.45) is 0 Å². The summed E-state index contributed by atoms with van der Waals surface area (Å²) in [6, 6.07) is 2.09. The minimum Gasteiger partial charge on any atom is -0.495 e. The number of carboxylic acid groups (broad SMARTS) is 1. The fourth-order valence-corrected chi connectivity index (χ4v) is 3.35. The van der Waals surface area contributed by atoms with Crippen molar-refractivity contribution in [1.29, 1.82) is 0 Å². The third-order valence-electron chi connectivity index (χ3n) is 3.45. The number of carboxylic acids is 1. The van der Waals surface area contributed by atoms with Crippen LogP contribution in [0.1, 0.15) is 36.0 Å². The van der Waals surface area contributed by atoms with Crippen LogP contribution in [-0.4, -0.2) is 18.2 Å². The van der Waals surface area contributed by atoms with Crippen LogP contribution in [0.5, 0.6) is 5.75 Å². The summed E-state index contributed by atoms with van der Waals surface area (Å²) in [5.74, 6) is -0.129. The van der Waals surface area contributed by atoms with Crippen LogP contribution in [0.2, 0.25) is 0 Å². The van der Waals surface area contributed by atoms with Gasteiger partial charge in [0.05, 0.1) is 18.0 Å². The standard InChI is InChI=1S/C14H17BrO3/c1-18-14-11(8-13(16)17)10-6-4-2-3-5-9(10)7-12(14)15/h7H,2-6,8H2,1H3,(H,16,17). The quantitative estimate of drug-likeness (QED) is 0.871. The summed E-state index contributed by atoms with van der Waals surface area (Å²) in [6.45, 7) is 0. The second kappa shape index (κ2) is 5.74. The highest BCUT2D eigenvalue weighted by Crippen LogP contribution is 2.37. The second-order valence-electron chi connectivity index (χ2n) is 4.64. The maximum atomic E-state index is 11.0. The van der Waals surface area contributed by atoms with Crippen molar-refractivity contribution in [3.05, 3.63) is 27.2 Å². The van der Waals surface area contributed by atoms with E-state index in [9.17, 15) is 4.79 Å². The number of aryl methyl sites for hydroxylation is 1. The van der Waals surface area contributed by atoms with Gasteiger partial charge >= 0.3 is 5.97 Å². The number of rotatable bonds is 3. The normalized spacial score (nSPS) is 14.8. The Morgan fingerprint density at radius 2 is 2.11 bits per heavy atom. The summed E-state index contributed by atoms with van der Waals surface area (Å²) in [5.41, 5.74) is 3.31. The van der Waals surface area contributed by atoms with Crippen LogP contribution in [0.3, 0.4) is 0 Å². The molecule has 3 nitrogen and oxygen atoms in total. The Hall–Kier alpha value is -1.03. The topological polar surface area (TPSA) is 46.5 Å². The highest BCUT2D eigenvalue weighted by Gasteiger charge is 2.20. The molecule has 0 aliphatic heterocycles. The average Bonchev–Trinajstić information content (AvgIpc) is 2.53. The van der Waals surface area contributed by atoms with Crippen LogP contribution in [0, 0.1) is 0 Å². The molecule has 18 heavy (non-hydrogen) atoms. The van der Waals surface area contributed by atoms with Crippen LogP contribution >= 0.6 is 15.9 Å². The van der Waals surface area contributed by atoms with Gasteiger partial charge < -0.3 is 9.84 Å². The number of hydrogen-bond acceptors (Lipinski definition) is 2. The Morgan fingerprint density at radius 3 is 2.78 bits per heavy atom. The average molecular weight is 313 g/mol. The minimum atomic E-state index is -0.808. The lowest BCUT2D eigenvalue weighted by molar-refractivity contribution is -0.136. The van der Waals surface area contributed by atoms with Crippen LogP contribution in [0.15, 0.2) is 10.5 Å². The van der Waals surface area contributed by atoms with Gasteiger partial charge in [-0.15, -0.1) is 0 Å². The molecule has 1 aromatic rings. The summed E-state index contributed by atoms with van der Waals surface area (Å²) in [7, 11) is 1.59. The molecule has 98 valence electrons. The van der Waals surface area contributed by atoms with Gasteiger partial charge in [0.2, 0.25) is 0 Å². The third-order valence-corrected chi connectivity index (χ3v) is 4.04. The van der Waals surface area contributed by atoms with E-state index in [4.69, 9.17) is 9.84 Å². The molecule has 2 rings (SSSR count). The van der Waals surface area contributed by atoms with Gasteiger partial charge in [0.1, 0.15) is 5.75 Å². The van der Waals surface area contributed by atoms with E-state index in [2.05, 4.69) is 22.0 Å². The SMILES string of the molecule is COc1c(Br)cc2c(c1CC(=O)O)CCCCC2. The largest absolute Gasteiger partial charge is 0.495 e. The maximum absolute atomic E-state index is 11.0. The molecule has 1 N–H and O–H groups in total. The molecule has 0 spiro atoms. The first-order valence-corrected chi connectivity index (χ1v) is 7.01. The number of halogens is 1. The molecule has 0 saturated heterocycles. The number of methoxy groups -OCH3 is 1. The van der Waals surface area contributed by atoms with E-state index < -0.39 is 5.97 Å². The second-order valence-corrected chi connectivity index (χ2v) is 5.49. The van der Waals surface area contributed by atoms with E-state index in [-0.39, 0.29) is 6.42 Å². The molecule has 0 saturated carbocycles. The number of benzene rings is 1. The van der Waals surface area contributed by atoms with E-state index in [1.807, 2.05) is 0 Å². The van der Waals surface area contributed by atoms with E-state index in [0.29, 0.717) is 5.75 Å². The summed E-state index contributed by atoms with van der Waals surface area (Å²) < 4.78 is 6.24. The molecule has 0 amide bonds. The molecule has 1 aliphatic rings. The molecular weight excluding hydrogens is 296 g/mol. The highest BCUT2D eigenvalue weighted by molar-refractivity contribution is 9.10. The molecule has 1 aliphatic carbocycles. The summed E-state index contributed by atoms with van der Waals surface area (Å²) in [6.07, 6.45) is 5.54. The van der Waals surface area contributed by atoms with Crippen molar-refractivity contribution < 1.29 is 14.6 Å². The molecule has 0 radical (unpaired) electrons. The lowest BCUT2D eigenvalue weighted by Gasteiger charge is -2.17. The van der Waals surface area contributed by atoms with Gasteiger partial charge in [-0.1, -0.05) is 6.42 Å². The van der Waals surface area contributed by atoms with Crippen molar-refractivity contribution in [3.63, 3.8) is 0 Å². The van der Waals surface area contributed by atoms with Gasteiger partial charge in [-0.3, -0.25) is 4.79 Å². The van der Waals surface area contributed by atoms with E-state index in [1.54, 1.807) is 7.11 Å². The smallest absolute Gasteiger partial charge is 0.307 e. The Labute approximate surface area is 115 Å². The molecule has 0 atom stereocenters. The van der Waals surface area contributed by atoms with Gasteiger partial charge in [0.15, 0.2) is 0 Å². The van der Waals surface area contributed by atoms with Crippen molar-refractivity contribution in [3.8, 4) is 5.75 Å². The first-order valence-electron chi connectivity index (χ1n) is 6.22. The zero-order chi connectivity index (χ0) is 13.1. The van der Waals surface area contributed by atoms with E-state index in [1.165, 1.54) is 24.0 Å². The van der Waals surface area contributed by atoms with E-state index in [0.717, 1.165) is 29.3 Å². The number of aliphatic carboxylic acids is 1. The van der Waals surface area contributed by atoms with Crippen molar-refractivity contribution in [2.75, 3.05) is 7.11 Å². The fraction of sp³-hybridized carbons (Fsp3) is 0.500. The molecule has 1 aromatic carbocycles. The van der Waals surface area contributed by atoms with Gasteiger partial charge in [-0.2, -0.15) is 0 Å². The van der Waals surface area contributed by atoms with Gasteiger partial charge in [-0.05, 0) is 58.8 Å². The lowest BCUT2D eigenvalue weighted by Crippen LogP contribution is -2.08. The molecule has 0 fully saturated rings. The Bertz CT molecular complexity index is 469. The maximum Gasteiger partial charge on any atom is 0.307 e.